The average Bonchev–Trinajstić information content (AvgIpc) is 2.40. The molecule has 4 aliphatic rings. The van der Waals surface area contributed by atoms with Crippen LogP contribution in [-0.4, -0.2) is 0 Å². The highest BCUT2D eigenvalue weighted by atomic mass is 14.2. The van der Waals surface area contributed by atoms with Crippen LogP contribution in [0.4, 0.5) is 0 Å². The van der Waals surface area contributed by atoms with Gasteiger partial charge >= 0.3 is 0 Å². The molecule has 0 saturated heterocycles. The molecule has 0 aromatic heterocycles. The van der Waals surface area contributed by atoms with E-state index in [0.717, 1.165) is 12.8 Å². The van der Waals surface area contributed by atoms with Crippen LogP contribution in [-0.2, 0) is 12.8 Å². The van der Waals surface area contributed by atoms with Crippen LogP contribution >= 0.6 is 0 Å². The smallest absolute Gasteiger partial charge is 0.0150 e. The standard InChI is InChI=1S/C18H20/c1-13-11-15-3-5-16(6-4-15)12-14(2)18-9-7-17(13)8-10-18/h3-10,13-14H,11-12H2,1-2H3. The van der Waals surface area contributed by atoms with Gasteiger partial charge in [-0.05, 0) is 46.9 Å². The minimum atomic E-state index is 0.597. The van der Waals surface area contributed by atoms with Gasteiger partial charge in [-0.25, -0.2) is 0 Å². The fourth-order valence-electron chi connectivity index (χ4n) is 2.91. The number of hydrogen-bond donors (Lipinski definition) is 0. The van der Waals surface area contributed by atoms with Crippen LogP contribution in [0.15, 0.2) is 48.5 Å². The summed E-state index contributed by atoms with van der Waals surface area (Å²) < 4.78 is 0. The molecule has 2 unspecified atom stereocenters. The van der Waals surface area contributed by atoms with Crippen LogP contribution in [0.1, 0.15) is 47.9 Å². The van der Waals surface area contributed by atoms with E-state index in [1.807, 2.05) is 0 Å². The summed E-state index contributed by atoms with van der Waals surface area (Å²) in [5, 5.41) is 0. The molecule has 0 radical (unpaired) electrons. The quantitative estimate of drug-likeness (QED) is 0.622. The summed E-state index contributed by atoms with van der Waals surface area (Å²) in [5.74, 6) is 1.19. The third-order valence-corrected chi connectivity index (χ3v) is 4.18. The monoisotopic (exact) mass is 236 g/mol. The molecule has 92 valence electrons. The topological polar surface area (TPSA) is 0 Å². The average molecular weight is 236 g/mol. The Bertz CT molecular complexity index is 469. The molecular weight excluding hydrogens is 216 g/mol. The van der Waals surface area contributed by atoms with Crippen molar-refractivity contribution in [2.24, 2.45) is 0 Å². The second kappa shape index (κ2) is 4.61. The molecule has 18 heavy (non-hydrogen) atoms. The van der Waals surface area contributed by atoms with E-state index in [4.69, 9.17) is 0 Å². The lowest BCUT2D eigenvalue weighted by Gasteiger charge is -2.18. The van der Waals surface area contributed by atoms with E-state index in [2.05, 4.69) is 62.4 Å². The highest BCUT2D eigenvalue weighted by Gasteiger charge is 2.12. The van der Waals surface area contributed by atoms with Gasteiger partial charge in [0.05, 0.1) is 0 Å². The molecule has 0 fully saturated rings. The second-order valence-corrected chi connectivity index (χ2v) is 5.69. The van der Waals surface area contributed by atoms with Crippen molar-refractivity contribution >= 4 is 0 Å². The van der Waals surface area contributed by atoms with Gasteiger partial charge in [-0.1, -0.05) is 62.4 Å². The van der Waals surface area contributed by atoms with Crippen molar-refractivity contribution in [3.8, 4) is 0 Å². The molecule has 0 spiro atoms. The summed E-state index contributed by atoms with van der Waals surface area (Å²) in [6.45, 7) is 4.64. The van der Waals surface area contributed by atoms with Crippen molar-refractivity contribution in [1.82, 2.24) is 0 Å². The van der Waals surface area contributed by atoms with Gasteiger partial charge in [0.15, 0.2) is 0 Å². The first kappa shape index (κ1) is 11.5. The van der Waals surface area contributed by atoms with E-state index >= 15 is 0 Å². The van der Waals surface area contributed by atoms with Crippen LogP contribution in [0.5, 0.6) is 0 Å². The summed E-state index contributed by atoms with van der Waals surface area (Å²) in [5.41, 5.74) is 5.80. The predicted molar refractivity (Wildman–Crippen MR) is 77.1 cm³/mol. The number of benzene rings is 2. The molecule has 0 saturated carbocycles. The fourth-order valence-corrected chi connectivity index (χ4v) is 2.91. The minimum Gasteiger partial charge on any atom is -0.0587 e. The maximum absolute atomic E-state index is 2.32. The Hall–Kier alpha value is -1.56. The Kier molecular flexibility index (Phi) is 2.95. The third kappa shape index (κ3) is 2.20. The van der Waals surface area contributed by atoms with Crippen molar-refractivity contribution in [3.05, 3.63) is 70.8 Å². The molecule has 6 rings (SSSR count). The molecule has 0 heterocycles. The SMILES string of the molecule is CC1Cc2ccc(cc2)CC(C)c2ccc1cc2. The summed E-state index contributed by atoms with van der Waals surface area (Å²) in [6, 6.07) is 18.4. The molecule has 0 nitrogen and oxygen atoms in total. The van der Waals surface area contributed by atoms with Crippen molar-refractivity contribution in [2.75, 3.05) is 0 Å². The summed E-state index contributed by atoms with van der Waals surface area (Å²) in [6.07, 6.45) is 2.27. The Morgan fingerprint density at radius 3 is 1.28 bits per heavy atom. The van der Waals surface area contributed by atoms with Gasteiger partial charge < -0.3 is 0 Å². The van der Waals surface area contributed by atoms with Gasteiger partial charge in [-0.3, -0.25) is 0 Å². The van der Waals surface area contributed by atoms with Gasteiger partial charge in [-0.2, -0.15) is 0 Å². The van der Waals surface area contributed by atoms with Crippen molar-refractivity contribution in [2.45, 2.75) is 38.5 Å². The van der Waals surface area contributed by atoms with Gasteiger partial charge in [0, 0.05) is 0 Å². The molecule has 0 N–H and O–H groups in total. The van der Waals surface area contributed by atoms with Crippen molar-refractivity contribution in [1.29, 1.82) is 0 Å². The molecule has 0 heteroatoms. The largest absolute Gasteiger partial charge is 0.0587 e. The molecule has 2 atom stereocenters. The summed E-state index contributed by atoms with van der Waals surface area (Å²) >= 11 is 0. The first-order valence-electron chi connectivity index (χ1n) is 6.90. The lowest BCUT2D eigenvalue weighted by atomic mass is 9.87. The molecule has 0 amide bonds. The normalized spacial score (nSPS) is 22.6. The van der Waals surface area contributed by atoms with E-state index in [-0.39, 0.29) is 0 Å². The van der Waals surface area contributed by atoms with Crippen LogP contribution in [0.2, 0.25) is 0 Å². The molecular formula is C18H20. The van der Waals surface area contributed by atoms with Crippen LogP contribution < -0.4 is 0 Å². The van der Waals surface area contributed by atoms with Gasteiger partial charge in [-0.15, -0.1) is 0 Å². The second-order valence-electron chi connectivity index (χ2n) is 5.69. The lowest BCUT2D eigenvalue weighted by Crippen LogP contribution is -2.03. The first-order valence-corrected chi connectivity index (χ1v) is 6.90. The molecule has 4 bridgehead atoms. The van der Waals surface area contributed by atoms with E-state index in [0.29, 0.717) is 11.8 Å². The molecule has 2 aromatic carbocycles. The van der Waals surface area contributed by atoms with Gasteiger partial charge in [0.1, 0.15) is 0 Å². The van der Waals surface area contributed by atoms with Crippen molar-refractivity contribution < 1.29 is 0 Å². The first-order chi connectivity index (χ1) is 8.72. The van der Waals surface area contributed by atoms with Crippen LogP contribution in [0.3, 0.4) is 0 Å². The van der Waals surface area contributed by atoms with E-state index < -0.39 is 0 Å². The zero-order chi connectivity index (χ0) is 12.5. The lowest BCUT2D eigenvalue weighted by molar-refractivity contribution is 0.735. The zero-order valence-electron chi connectivity index (χ0n) is 11.2. The maximum atomic E-state index is 2.32. The van der Waals surface area contributed by atoms with Crippen LogP contribution in [0, 0.1) is 0 Å². The minimum absolute atomic E-state index is 0.597. The molecule has 4 aliphatic carbocycles. The Balaban J connectivity index is 2.06. The van der Waals surface area contributed by atoms with E-state index in [9.17, 15) is 0 Å². The highest BCUT2D eigenvalue weighted by molar-refractivity contribution is 5.32. The summed E-state index contributed by atoms with van der Waals surface area (Å²) in [7, 11) is 0. The number of hydrogen-bond acceptors (Lipinski definition) is 0. The van der Waals surface area contributed by atoms with Crippen molar-refractivity contribution in [3.63, 3.8) is 0 Å². The third-order valence-electron chi connectivity index (χ3n) is 4.18. The summed E-state index contributed by atoms with van der Waals surface area (Å²) in [4.78, 5) is 0. The van der Waals surface area contributed by atoms with Crippen LogP contribution in [0.25, 0.3) is 0 Å². The fraction of sp³-hybridized carbons (Fsp3) is 0.333. The van der Waals surface area contributed by atoms with E-state index in [1.54, 1.807) is 0 Å². The molecule has 2 aromatic rings. The van der Waals surface area contributed by atoms with Gasteiger partial charge in [0.25, 0.3) is 0 Å². The van der Waals surface area contributed by atoms with E-state index in [1.165, 1.54) is 22.3 Å². The number of rotatable bonds is 0. The highest BCUT2D eigenvalue weighted by Crippen LogP contribution is 2.27. The Morgan fingerprint density at radius 1 is 0.611 bits per heavy atom. The molecule has 0 aliphatic heterocycles. The van der Waals surface area contributed by atoms with Gasteiger partial charge in [0.2, 0.25) is 0 Å². The Labute approximate surface area is 110 Å². The zero-order valence-corrected chi connectivity index (χ0v) is 11.2. The Morgan fingerprint density at radius 2 is 0.944 bits per heavy atom. The predicted octanol–water partition coefficient (Wildman–Crippen LogP) is 4.69. The maximum Gasteiger partial charge on any atom is -0.0150 e.